The Balaban J connectivity index is 1.76. The molecule has 3 aromatic heterocycles. The Hall–Kier alpha value is -2.56. The number of hydrogen-bond donors (Lipinski definition) is 2. The predicted octanol–water partition coefficient (Wildman–Crippen LogP) is 2.33. The maximum atomic E-state index is 12.4. The topological polar surface area (TPSA) is 113 Å². The summed E-state index contributed by atoms with van der Waals surface area (Å²) in [6, 6.07) is 7.89. The quantitative estimate of drug-likeness (QED) is 0.488. The molecule has 9 nitrogen and oxygen atoms in total. The summed E-state index contributed by atoms with van der Waals surface area (Å²) in [4.78, 5) is 19.8. The second-order valence-electron chi connectivity index (χ2n) is 8.33. The summed E-state index contributed by atoms with van der Waals surface area (Å²) in [5, 5.41) is 3.15. The van der Waals surface area contributed by atoms with Gasteiger partial charge < -0.3 is 19.9 Å². The Bertz CT molecular complexity index is 1210. The van der Waals surface area contributed by atoms with Crippen LogP contribution in [0.3, 0.4) is 0 Å². The van der Waals surface area contributed by atoms with Crippen LogP contribution in [0.1, 0.15) is 31.7 Å². The molecule has 1 unspecified atom stereocenters. The minimum Gasteiger partial charge on any atom is -0.377 e. The van der Waals surface area contributed by atoms with Crippen LogP contribution in [0.5, 0.6) is 0 Å². The van der Waals surface area contributed by atoms with Crippen LogP contribution in [0.25, 0.3) is 22.6 Å². The van der Waals surface area contributed by atoms with Gasteiger partial charge in [0, 0.05) is 37.0 Å². The average molecular weight is 473 g/mol. The van der Waals surface area contributed by atoms with Crippen molar-refractivity contribution in [3.05, 3.63) is 35.7 Å². The third-order valence-electron chi connectivity index (χ3n) is 5.97. The van der Waals surface area contributed by atoms with Gasteiger partial charge in [-0.3, -0.25) is 0 Å². The maximum absolute atomic E-state index is 12.4. The Kier molecular flexibility index (Phi) is 7.26. The number of aromatic nitrogens is 4. The first-order chi connectivity index (χ1) is 15.9. The van der Waals surface area contributed by atoms with Gasteiger partial charge in [0.15, 0.2) is 15.7 Å². The van der Waals surface area contributed by atoms with E-state index in [1.165, 1.54) is 0 Å². The van der Waals surface area contributed by atoms with Gasteiger partial charge in [-0.1, -0.05) is 13.8 Å². The van der Waals surface area contributed by atoms with E-state index in [1.807, 2.05) is 25.2 Å². The van der Waals surface area contributed by atoms with Gasteiger partial charge in [0.05, 0.1) is 41.7 Å². The molecule has 1 fully saturated rings. The number of H-pyrrole nitrogens is 1. The van der Waals surface area contributed by atoms with Crippen molar-refractivity contribution in [1.29, 1.82) is 0 Å². The van der Waals surface area contributed by atoms with E-state index in [-0.39, 0.29) is 17.5 Å². The molecular weight excluding hydrogens is 440 g/mol. The van der Waals surface area contributed by atoms with Crippen LogP contribution in [0.15, 0.2) is 24.3 Å². The Morgan fingerprint density at radius 3 is 2.82 bits per heavy atom. The summed E-state index contributed by atoms with van der Waals surface area (Å²) < 4.78 is 30.4. The van der Waals surface area contributed by atoms with Crippen molar-refractivity contribution in [1.82, 2.24) is 25.3 Å². The molecule has 2 N–H and O–H groups in total. The van der Waals surface area contributed by atoms with E-state index in [4.69, 9.17) is 14.7 Å². The summed E-state index contributed by atoms with van der Waals surface area (Å²) in [7, 11) is -1.32. The number of anilines is 1. The van der Waals surface area contributed by atoms with E-state index in [2.05, 4.69) is 27.1 Å². The molecule has 0 aromatic carbocycles. The fraction of sp³-hybridized carbons (Fsp3) is 0.522. The summed E-state index contributed by atoms with van der Waals surface area (Å²) >= 11 is 0. The Labute approximate surface area is 194 Å². The number of nitrogens with one attached hydrogen (secondary N) is 2. The van der Waals surface area contributed by atoms with E-state index < -0.39 is 9.84 Å². The molecule has 1 aliphatic heterocycles. The highest BCUT2D eigenvalue weighted by Gasteiger charge is 2.25. The van der Waals surface area contributed by atoms with E-state index in [0.717, 1.165) is 41.9 Å². The molecule has 4 heterocycles. The predicted molar refractivity (Wildman–Crippen MR) is 130 cm³/mol. The standard InChI is InChI=1S/C23H32N6O3S/c1-4-18-14-32-11-10-29(18)22-13-17(15-33(30,31)5-2)26-23(28-22)20-7-6-19-21(27-20)12-16(25-19)8-9-24-3/h6-7,12-13,18,24-25H,4-5,8-11,14-15H2,1-3H3. The lowest BCUT2D eigenvalue weighted by Gasteiger charge is -2.36. The number of sulfone groups is 1. The van der Waals surface area contributed by atoms with Crippen molar-refractivity contribution in [3.8, 4) is 11.5 Å². The van der Waals surface area contributed by atoms with E-state index in [1.54, 1.807) is 13.0 Å². The smallest absolute Gasteiger partial charge is 0.180 e. The van der Waals surface area contributed by atoms with E-state index in [9.17, 15) is 8.42 Å². The highest BCUT2D eigenvalue weighted by atomic mass is 32.2. The summed E-state index contributed by atoms with van der Waals surface area (Å²) in [6.45, 7) is 6.58. The fourth-order valence-electron chi connectivity index (χ4n) is 4.02. The molecule has 0 radical (unpaired) electrons. The van der Waals surface area contributed by atoms with Crippen molar-refractivity contribution < 1.29 is 13.2 Å². The van der Waals surface area contributed by atoms with Crippen molar-refractivity contribution >= 4 is 26.7 Å². The van der Waals surface area contributed by atoms with Crippen LogP contribution in [-0.4, -0.2) is 73.5 Å². The van der Waals surface area contributed by atoms with Crippen molar-refractivity contribution in [2.24, 2.45) is 0 Å². The molecule has 0 aliphatic carbocycles. The molecule has 0 saturated carbocycles. The van der Waals surface area contributed by atoms with Crippen LogP contribution < -0.4 is 10.2 Å². The second-order valence-corrected chi connectivity index (χ2v) is 10.7. The summed E-state index contributed by atoms with van der Waals surface area (Å²) in [5.74, 6) is 1.12. The molecule has 3 aromatic rings. The van der Waals surface area contributed by atoms with Crippen molar-refractivity contribution in [3.63, 3.8) is 0 Å². The zero-order valence-electron chi connectivity index (χ0n) is 19.5. The second kappa shape index (κ2) is 10.1. The van der Waals surface area contributed by atoms with Gasteiger partial charge in [0.2, 0.25) is 0 Å². The highest BCUT2D eigenvalue weighted by Crippen LogP contribution is 2.26. The largest absolute Gasteiger partial charge is 0.377 e. The van der Waals surface area contributed by atoms with Crippen LogP contribution >= 0.6 is 0 Å². The maximum Gasteiger partial charge on any atom is 0.180 e. The van der Waals surface area contributed by atoms with Gasteiger partial charge in [0.1, 0.15) is 11.5 Å². The number of pyridine rings is 1. The minimum atomic E-state index is -3.24. The molecule has 1 aliphatic rings. The third-order valence-corrected chi connectivity index (χ3v) is 7.59. The minimum absolute atomic E-state index is 0.0692. The first-order valence-corrected chi connectivity index (χ1v) is 13.3. The first kappa shape index (κ1) is 23.6. The number of fused-ring (bicyclic) bond motifs is 1. The van der Waals surface area contributed by atoms with Crippen LogP contribution in [-0.2, 0) is 26.7 Å². The van der Waals surface area contributed by atoms with Crippen molar-refractivity contribution in [2.75, 3.05) is 44.0 Å². The average Bonchev–Trinajstić information content (AvgIpc) is 3.24. The van der Waals surface area contributed by atoms with Gasteiger partial charge in [-0.15, -0.1) is 0 Å². The molecule has 10 heteroatoms. The normalized spacial score (nSPS) is 17.1. The van der Waals surface area contributed by atoms with Gasteiger partial charge in [-0.25, -0.2) is 23.4 Å². The number of morpholine rings is 1. The molecule has 1 atom stereocenters. The molecular formula is C23H32N6O3S. The summed E-state index contributed by atoms with van der Waals surface area (Å²) in [5.41, 5.74) is 4.01. The third kappa shape index (κ3) is 5.51. The molecule has 178 valence electrons. The first-order valence-electron chi connectivity index (χ1n) is 11.5. The molecule has 33 heavy (non-hydrogen) atoms. The van der Waals surface area contributed by atoms with Crippen LogP contribution in [0, 0.1) is 0 Å². The number of likely N-dealkylation sites (N-methyl/N-ethyl adjacent to an activating group) is 1. The zero-order chi connectivity index (χ0) is 23.4. The Morgan fingerprint density at radius 2 is 2.06 bits per heavy atom. The van der Waals surface area contributed by atoms with Gasteiger partial charge in [-0.05, 0) is 31.7 Å². The lowest BCUT2D eigenvalue weighted by molar-refractivity contribution is 0.0925. The number of ether oxygens (including phenoxy) is 1. The SMILES string of the molecule is CCC1COCCN1c1cc(CS(=O)(=O)CC)nc(-c2ccc3[nH]c(CCNC)cc3n2)n1. The van der Waals surface area contributed by atoms with Gasteiger partial charge in [-0.2, -0.15) is 0 Å². The van der Waals surface area contributed by atoms with Crippen molar-refractivity contribution in [2.45, 2.75) is 38.5 Å². The molecule has 0 amide bonds. The lowest BCUT2D eigenvalue weighted by Crippen LogP contribution is -2.45. The molecule has 0 spiro atoms. The van der Waals surface area contributed by atoms with Gasteiger partial charge >= 0.3 is 0 Å². The zero-order valence-corrected chi connectivity index (χ0v) is 20.3. The van der Waals surface area contributed by atoms with Crippen LogP contribution in [0.2, 0.25) is 0 Å². The highest BCUT2D eigenvalue weighted by molar-refractivity contribution is 7.90. The van der Waals surface area contributed by atoms with Gasteiger partial charge in [0.25, 0.3) is 0 Å². The van der Waals surface area contributed by atoms with E-state index >= 15 is 0 Å². The molecule has 1 saturated heterocycles. The molecule has 0 bridgehead atoms. The van der Waals surface area contributed by atoms with E-state index in [0.29, 0.717) is 37.0 Å². The monoisotopic (exact) mass is 472 g/mol. The number of hydrogen-bond acceptors (Lipinski definition) is 8. The lowest BCUT2D eigenvalue weighted by atomic mass is 10.1. The molecule has 4 rings (SSSR count). The number of nitrogens with zero attached hydrogens (tertiary/aromatic N) is 4. The van der Waals surface area contributed by atoms with Crippen LogP contribution in [0.4, 0.5) is 5.82 Å². The summed E-state index contributed by atoms with van der Waals surface area (Å²) in [6.07, 6.45) is 1.79. The fourth-order valence-corrected chi connectivity index (χ4v) is 4.83. The number of aromatic amines is 1. The number of rotatable bonds is 9. The Morgan fingerprint density at radius 1 is 1.21 bits per heavy atom.